The number of benzene rings is 1. The van der Waals surface area contributed by atoms with E-state index in [0.29, 0.717) is 5.92 Å². The molecule has 1 aliphatic carbocycles. The molecular formula is C17H26ClNO. The summed E-state index contributed by atoms with van der Waals surface area (Å²) in [7, 11) is 0. The Bertz CT molecular complexity index is 398. The van der Waals surface area contributed by atoms with Gasteiger partial charge in [0.25, 0.3) is 0 Å². The maximum absolute atomic E-state index is 6.13. The predicted octanol–water partition coefficient (Wildman–Crippen LogP) is 4.14. The van der Waals surface area contributed by atoms with Crippen LogP contribution < -0.4 is 10.1 Å². The molecule has 0 aromatic heterocycles. The van der Waals surface area contributed by atoms with Gasteiger partial charge in [-0.15, -0.1) is 12.4 Å². The van der Waals surface area contributed by atoms with Crippen molar-refractivity contribution in [2.75, 3.05) is 19.7 Å². The van der Waals surface area contributed by atoms with Crippen molar-refractivity contribution in [2.45, 2.75) is 44.4 Å². The van der Waals surface area contributed by atoms with Gasteiger partial charge in [0, 0.05) is 12.5 Å². The van der Waals surface area contributed by atoms with E-state index in [9.17, 15) is 0 Å². The summed E-state index contributed by atoms with van der Waals surface area (Å²) in [5.74, 6) is 2.56. The molecule has 1 atom stereocenters. The Morgan fingerprint density at radius 3 is 2.60 bits per heavy atom. The lowest BCUT2D eigenvalue weighted by Crippen LogP contribution is -2.16. The summed E-state index contributed by atoms with van der Waals surface area (Å²) >= 11 is 0. The smallest absolute Gasteiger partial charge is 0.122 e. The van der Waals surface area contributed by atoms with Crippen molar-refractivity contribution < 1.29 is 4.74 Å². The van der Waals surface area contributed by atoms with Crippen molar-refractivity contribution in [3.05, 3.63) is 29.8 Å². The minimum atomic E-state index is 0. The van der Waals surface area contributed by atoms with Gasteiger partial charge >= 0.3 is 0 Å². The molecule has 1 aliphatic heterocycles. The quantitative estimate of drug-likeness (QED) is 0.901. The van der Waals surface area contributed by atoms with Gasteiger partial charge in [-0.2, -0.15) is 0 Å². The highest BCUT2D eigenvalue weighted by Crippen LogP contribution is 2.37. The average molecular weight is 296 g/mol. The molecule has 1 heterocycles. The van der Waals surface area contributed by atoms with Crippen LogP contribution in [0, 0.1) is 5.92 Å². The summed E-state index contributed by atoms with van der Waals surface area (Å²) < 4.78 is 6.13. The number of halogens is 1. The fraction of sp³-hybridized carbons (Fsp3) is 0.647. The molecule has 0 bridgehead atoms. The first kappa shape index (κ1) is 15.7. The first-order valence-corrected chi connectivity index (χ1v) is 7.86. The summed E-state index contributed by atoms with van der Waals surface area (Å²) in [6, 6.07) is 8.70. The number of hydrogen-bond donors (Lipinski definition) is 1. The highest BCUT2D eigenvalue weighted by Gasteiger charge is 2.20. The second-order valence-corrected chi connectivity index (χ2v) is 6.04. The fourth-order valence-electron chi connectivity index (χ4n) is 3.43. The molecule has 1 saturated carbocycles. The predicted molar refractivity (Wildman–Crippen MR) is 86.0 cm³/mol. The van der Waals surface area contributed by atoms with Crippen LogP contribution in [0.15, 0.2) is 24.3 Å². The average Bonchev–Trinajstić information content (AvgIpc) is 3.00. The van der Waals surface area contributed by atoms with E-state index >= 15 is 0 Å². The Labute approximate surface area is 128 Å². The maximum Gasteiger partial charge on any atom is 0.122 e. The highest BCUT2D eigenvalue weighted by molar-refractivity contribution is 5.85. The Balaban J connectivity index is 0.00000147. The van der Waals surface area contributed by atoms with Gasteiger partial charge in [-0.25, -0.2) is 0 Å². The lowest BCUT2D eigenvalue weighted by molar-refractivity contribution is 0.254. The second-order valence-electron chi connectivity index (χ2n) is 6.04. The number of rotatable bonds is 4. The van der Waals surface area contributed by atoms with Crippen molar-refractivity contribution >= 4 is 12.4 Å². The van der Waals surface area contributed by atoms with Gasteiger partial charge in [-0.05, 0) is 43.4 Å². The molecule has 20 heavy (non-hydrogen) atoms. The number of nitrogens with one attached hydrogen (secondary N) is 1. The molecule has 2 fully saturated rings. The van der Waals surface area contributed by atoms with Crippen LogP contribution in [0.25, 0.3) is 0 Å². The molecule has 1 saturated heterocycles. The Morgan fingerprint density at radius 1 is 1.05 bits per heavy atom. The first-order chi connectivity index (χ1) is 9.43. The van der Waals surface area contributed by atoms with Crippen LogP contribution in [0.5, 0.6) is 5.75 Å². The summed E-state index contributed by atoms with van der Waals surface area (Å²) in [6.45, 7) is 3.14. The molecule has 0 amide bonds. The zero-order chi connectivity index (χ0) is 12.9. The van der Waals surface area contributed by atoms with E-state index in [1.165, 1.54) is 44.1 Å². The van der Waals surface area contributed by atoms with Gasteiger partial charge in [0.15, 0.2) is 0 Å². The lowest BCUT2D eigenvalue weighted by Gasteiger charge is -2.24. The molecule has 3 rings (SSSR count). The van der Waals surface area contributed by atoms with Gasteiger partial charge in [0.05, 0.1) is 6.61 Å². The summed E-state index contributed by atoms with van der Waals surface area (Å²) in [5, 5.41) is 3.41. The maximum atomic E-state index is 6.13. The van der Waals surface area contributed by atoms with E-state index in [1.54, 1.807) is 0 Å². The van der Waals surface area contributed by atoms with Gasteiger partial charge in [-0.1, -0.05) is 37.5 Å². The first-order valence-electron chi connectivity index (χ1n) is 7.86. The van der Waals surface area contributed by atoms with Crippen molar-refractivity contribution in [1.82, 2.24) is 5.32 Å². The summed E-state index contributed by atoms with van der Waals surface area (Å²) in [5.41, 5.74) is 1.45. The van der Waals surface area contributed by atoms with E-state index in [2.05, 4.69) is 29.6 Å². The third-order valence-electron chi connectivity index (χ3n) is 4.60. The van der Waals surface area contributed by atoms with Gasteiger partial charge in [-0.3, -0.25) is 0 Å². The Hall–Kier alpha value is -0.730. The zero-order valence-corrected chi connectivity index (χ0v) is 13.0. The molecule has 0 radical (unpaired) electrons. The molecule has 0 spiro atoms. The molecule has 3 heteroatoms. The Morgan fingerprint density at radius 2 is 1.85 bits per heavy atom. The molecule has 1 N–H and O–H groups in total. The second kappa shape index (κ2) is 7.90. The van der Waals surface area contributed by atoms with Crippen LogP contribution in [-0.2, 0) is 0 Å². The highest BCUT2D eigenvalue weighted by atomic mass is 35.5. The lowest BCUT2D eigenvalue weighted by atomic mass is 9.84. The van der Waals surface area contributed by atoms with Gasteiger partial charge in [0.2, 0.25) is 0 Å². The third kappa shape index (κ3) is 3.89. The van der Waals surface area contributed by atoms with Crippen LogP contribution in [-0.4, -0.2) is 19.7 Å². The van der Waals surface area contributed by atoms with Crippen molar-refractivity contribution in [2.24, 2.45) is 5.92 Å². The SMILES string of the molecule is Cl.c1ccc(C2CCCCC2)c(OCC2CCNC2)c1. The van der Waals surface area contributed by atoms with Crippen LogP contribution in [0.2, 0.25) is 0 Å². The van der Waals surface area contributed by atoms with E-state index in [-0.39, 0.29) is 12.4 Å². The third-order valence-corrected chi connectivity index (χ3v) is 4.60. The molecule has 1 unspecified atom stereocenters. The van der Waals surface area contributed by atoms with E-state index in [4.69, 9.17) is 4.74 Å². The standard InChI is InChI=1S/C17H25NO.ClH/c1-2-6-15(7-3-1)16-8-4-5-9-17(16)19-13-14-10-11-18-12-14;/h4-5,8-9,14-15,18H,1-3,6-7,10-13H2;1H. The molecule has 2 aliphatic rings. The minimum Gasteiger partial charge on any atom is -0.493 e. The van der Waals surface area contributed by atoms with Crippen molar-refractivity contribution in [3.8, 4) is 5.75 Å². The Kier molecular flexibility index (Phi) is 6.18. The monoisotopic (exact) mass is 295 g/mol. The van der Waals surface area contributed by atoms with Crippen LogP contribution >= 0.6 is 12.4 Å². The summed E-state index contributed by atoms with van der Waals surface area (Å²) in [4.78, 5) is 0. The molecule has 112 valence electrons. The number of ether oxygens (including phenoxy) is 1. The van der Waals surface area contributed by atoms with Crippen LogP contribution in [0.1, 0.15) is 50.0 Å². The van der Waals surface area contributed by atoms with Crippen molar-refractivity contribution in [1.29, 1.82) is 0 Å². The van der Waals surface area contributed by atoms with Gasteiger partial charge in [0.1, 0.15) is 5.75 Å². The normalized spacial score (nSPS) is 23.3. The van der Waals surface area contributed by atoms with E-state index < -0.39 is 0 Å². The van der Waals surface area contributed by atoms with Crippen LogP contribution in [0.3, 0.4) is 0 Å². The van der Waals surface area contributed by atoms with Crippen LogP contribution in [0.4, 0.5) is 0 Å². The van der Waals surface area contributed by atoms with Gasteiger partial charge < -0.3 is 10.1 Å². The molecule has 1 aromatic rings. The largest absolute Gasteiger partial charge is 0.493 e. The number of hydrogen-bond acceptors (Lipinski definition) is 2. The topological polar surface area (TPSA) is 21.3 Å². The molecule has 1 aromatic carbocycles. The molecular weight excluding hydrogens is 270 g/mol. The number of para-hydroxylation sites is 1. The summed E-state index contributed by atoms with van der Waals surface area (Å²) in [6.07, 6.45) is 8.10. The van der Waals surface area contributed by atoms with E-state index in [1.807, 2.05) is 0 Å². The zero-order valence-electron chi connectivity index (χ0n) is 12.1. The minimum absolute atomic E-state index is 0. The molecule has 2 nitrogen and oxygen atoms in total. The van der Waals surface area contributed by atoms with E-state index in [0.717, 1.165) is 31.4 Å². The fourth-order valence-corrected chi connectivity index (χ4v) is 3.43. The van der Waals surface area contributed by atoms with Crippen molar-refractivity contribution in [3.63, 3.8) is 0 Å².